The van der Waals surface area contributed by atoms with E-state index in [-0.39, 0.29) is 24.4 Å². The van der Waals surface area contributed by atoms with Gasteiger partial charge in [0.2, 0.25) is 0 Å². The summed E-state index contributed by atoms with van der Waals surface area (Å²) in [7, 11) is 12.8. The topological polar surface area (TPSA) is 76.7 Å². The molecule has 1 aromatic carbocycles. The summed E-state index contributed by atoms with van der Waals surface area (Å²) in [4.78, 5) is 8.27. The molecule has 10 heteroatoms. The molecule has 164 valence electrons. The lowest BCUT2D eigenvalue weighted by Crippen LogP contribution is -2.35. The second-order valence-corrected chi connectivity index (χ2v) is 9.15. The van der Waals surface area contributed by atoms with Gasteiger partial charge in [-0.05, 0) is 47.9 Å². The molecule has 3 aromatic rings. The van der Waals surface area contributed by atoms with Gasteiger partial charge in [0.1, 0.15) is 17.6 Å². The number of hydrogen-bond donors (Lipinski definition) is 1. The third-order valence-corrected chi connectivity index (χ3v) is 7.00. The molecule has 4 atom stereocenters. The number of imidazole rings is 1. The molecule has 33 heavy (non-hydrogen) atoms. The van der Waals surface area contributed by atoms with Crippen molar-refractivity contribution in [2.45, 2.75) is 42.5 Å². The van der Waals surface area contributed by atoms with E-state index in [0.29, 0.717) is 29.7 Å². The number of allylic oxidation sites excluding steroid dienone is 1. The number of alkyl halides is 2. The van der Waals surface area contributed by atoms with Gasteiger partial charge < -0.3 is 9.67 Å². The fraction of sp³-hybridized carbons (Fsp3) is 0.391. The number of hydrogen-bond acceptors (Lipinski definition) is 5. The Hall–Kier alpha value is -3.03. The maximum Gasteiger partial charge on any atom is 0.174 e. The number of aromatic hydroxyl groups is 1. The Bertz CT molecular complexity index is 1190. The molecule has 2 heterocycles. The standard InChI is InChI=1S/C23H21B2F2N5O/c24-22-3-4-23(25,10-15(22)11-26)21(27)14(9-22)7-20-29-12-18(30-31-20)17-2-1-16(8-19(17)33)32-6-5-28-13-32/h1-2,5-8,12-13,15,21,33H,3-4,9-11H2/b14-7+/t15-,21-,22+,23+/m0/s1. The van der Waals surface area contributed by atoms with Crippen LogP contribution in [0, 0.1) is 5.92 Å². The lowest BCUT2D eigenvalue weighted by Gasteiger charge is -2.45. The van der Waals surface area contributed by atoms with Gasteiger partial charge in [-0.25, -0.2) is 14.4 Å². The highest BCUT2D eigenvalue weighted by Crippen LogP contribution is 2.64. The van der Waals surface area contributed by atoms with Crippen molar-refractivity contribution in [3.8, 4) is 22.7 Å². The summed E-state index contributed by atoms with van der Waals surface area (Å²) in [6.07, 6.45) is 7.85. The predicted octanol–water partition coefficient (Wildman–Crippen LogP) is 3.98. The molecule has 3 fully saturated rings. The Kier molecular flexibility index (Phi) is 5.34. The van der Waals surface area contributed by atoms with Gasteiger partial charge in [-0.15, -0.1) is 10.2 Å². The molecule has 0 amide bonds. The summed E-state index contributed by atoms with van der Waals surface area (Å²) in [5, 5.41) is 16.7. The maximum absolute atomic E-state index is 15.4. The van der Waals surface area contributed by atoms with E-state index < -0.39 is 29.4 Å². The van der Waals surface area contributed by atoms with Gasteiger partial charge in [-0.2, -0.15) is 0 Å². The van der Waals surface area contributed by atoms with Crippen molar-refractivity contribution in [2.75, 3.05) is 6.67 Å². The molecule has 3 aliphatic rings. The summed E-state index contributed by atoms with van der Waals surface area (Å²) in [6.45, 7) is -0.620. The molecular weight excluding hydrogens is 422 g/mol. The predicted molar refractivity (Wildman–Crippen MR) is 122 cm³/mol. The van der Waals surface area contributed by atoms with Crippen LogP contribution in [0.5, 0.6) is 5.75 Å². The van der Waals surface area contributed by atoms with Crippen molar-refractivity contribution < 1.29 is 13.9 Å². The minimum atomic E-state index is -1.46. The molecule has 6 nitrogen and oxygen atoms in total. The van der Waals surface area contributed by atoms with E-state index in [0.717, 1.165) is 5.69 Å². The Morgan fingerprint density at radius 1 is 1.21 bits per heavy atom. The van der Waals surface area contributed by atoms with Crippen LogP contribution in [-0.4, -0.2) is 58.4 Å². The van der Waals surface area contributed by atoms with Gasteiger partial charge >= 0.3 is 0 Å². The summed E-state index contributed by atoms with van der Waals surface area (Å²) < 4.78 is 30.8. The quantitative estimate of drug-likeness (QED) is 0.618. The van der Waals surface area contributed by atoms with Crippen molar-refractivity contribution in [1.29, 1.82) is 0 Å². The first-order chi connectivity index (χ1) is 15.8. The van der Waals surface area contributed by atoms with Crippen LogP contribution >= 0.6 is 0 Å². The number of phenols is 1. The van der Waals surface area contributed by atoms with E-state index in [1.165, 1.54) is 12.3 Å². The molecule has 0 spiro atoms. The molecule has 0 saturated heterocycles. The zero-order valence-corrected chi connectivity index (χ0v) is 17.9. The van der Waals surface area contributed by atoms with Crippen LogP contribution < -0.4 is 0 Å². The van der Waals surface area contributed by atoms with Crippen molar-refractivity contribution >= 4 is 21.8 Å². The summed E-state index contributed by atoms with van der Waals surface area (Å²) in [5.74, 6) is -0.258. The second-order valence-electron chi connectivity index (χ2n) is 9.15. The van der Waals surface area contributed by atoms with Crippen molar-refractivity contribution in [1.82, 2.24) is 24.7 Å². The molecule has 2 aromatic heterocycles. The fourth-order valence-electron chi connectivity index (χ4n) is 5.02. The Morgan fingerprint density at radius 3 is 2.70 bits per heavy atom. The number of aromatic nitrogens is 5. The lowest BCUT2D eigenvalue weighted by atomic mass is 9.47. The maximum atomic E-state index is 15.4. The molecule has 3 aliphatic carbocycles. The van der Waals surface area contributed by atoms with Crippen LogP contribution in [0.1, 0.15) is 31.5 Å². The van der Waals surface area contributed by atoms with Crippen LogP contribution in [-0.2, 0) is 0 Å². The normalized spacial score (nSPS) is 30.4. The molecule has 0 aliphatic heterocycles. The first kappa shape index (κ1) is 21.8. The number of benzene rings is 1. The van der Waals surface area contributed by atoms with Gasteiger partial charge in [-0.1, -0.05) is 18.2 Å². The monoisotopic (exact) mass is 443 g/mol. The second kappa shape index (κ2) is 8.08. The molecule has 4 radical (unpaired) electrons. The van der Waals surface area contributed by atoms with Gasteiger partial charge in [-0.3, -0.25) is 4.39 Å². The Morgan fingerprint density at radius 2 is 2.03 bits per heavy atom. The highest BCUT2D eigenvalue weighted by Gasteiger charge is 2.52. The Balaban J connectivity index is 1.42. The molecule has 2 bridgehead atoms. The third kappa shape index (κ3) is 3.85. The van der Waals surface area contributed by atoms with E-state index in [2.05, 4.69) is 20.2 Å². The van der Waals surface area contributed by atoms with Gasteiger partial charge in [0.05, 0.1) is 40.6 Å². The first-order valence-corrected chi connectivity index (χ1v) is 10.8. The SMILES string of the molecule is [B][C@@]12CC[C@@]([B])(C[C@H]1CF)[C@@H](F)/C(=C/c1ncc(-c3ccc(-n4ccnc4)cc3O)nn1)C2. The average Bonchev–Trinajstić information content (AvgIpc) is 3.31. The highest BCUT2D eigenvalue weighted by molar-refractivity contribution is 6.19. The number of rotatable bonds is 4. The number of fused-ring (bicyclic) bond motifs is 4. The molecular formula is C23H21B2F2N5O. The van der Waals surface area contributed by atoms with Crippen molar-refractivity contribution in [3.63, 3.8) is 0 Å². The first-order valence-electron chi connectivity index (χ1n) is 10.8. The fourth-order valence-corrected chi connectivity index (χ4v) is 5.02. The van der Waals surface area contributed by atoms with Gasteiger partial charge in [0.15, 0.2) is 5.82 Å². The van der Waals surface area contributed by atoms with E-state index in [1.807, 2.05) is 6.07 Å². The zero-order chi connectivity index (χ0) is 23.2. The molecule has 1 N–H and O–H groups in total. The molecule has 6 rings (SSSR count). The zero-order valence-electron chi connectivity index (χ0n) is 17.9. The number of halogens is 2. The van der Waals surface area contributed by atoms with Crippen LogP contribution in [0.15, 0.2) is 48.7 Å². The van der Waals surface area contributed by atoms with Gasteiger partial charge in [0.25, 0.3) is 0 Å². The summed E-state index contributed by atoms with van der Waals surface area (Å²) in [5.41, 5.74) is 1.94. The smallest absolute Gasteiger partial charge is 0.174 e. The molecule has 0 unspecified atom stereocenters. The minimum absolute atomic E-state index is 0.0139. The molecule has 3 saturated carbocycles. The van der Waals surface area contributed by atoms with Crippen molar-refractivity contribution in [3.05, 3.63) is 54.5 Å². The highest BCUT2D eigenvalue weighted by atomic mass is 19.1. The van der Waals surface area contributed by atoms with E-state index >= 15 is 4.39 Å². The van der Waals surface area contributed by atoms with Crippen LogP contribution in [0.2, 0.25) is 10.6 Å². The van der Waals surface area contributed by atoms with Crippen LogP contribution in [0.3, 0.4) is 0 Å². The number of phenolic OH excluding ortho intramolecular Hbond substituents is 1. The average molecular weight is 443 g/mol. The third-order valence-electron chi connectivity index (χ3n) is 7.00. The number of nitrogens with zero attached hydrogens (tertiary/aromatic N) is 5. The largest absolute Gasteiger partial charge is 0.507 e. The van der Waals surface area contributed by atoms with E-state index in [9.17, 15) is 9.50 Å². The lowest BCUT2D eigenvalue weighted by molar-refractivity contribution is 0.158. The Labute approximate surface area is 193 Å². The van der Waals surface area contributed by atoms with E-state index in [4.69, 9.17) is 15.7 Å². The van der Waals surface area contributed by atoms with E-state index in [1.54, 1.807) is 35.4 Å². The van der Waals surface area contributed by atoms with Crippen molar-refractivity contribution in [2.24, 2.45) is 5.92 Å². The summed E-state index contributed by atoms with van der Waals surface area (Å²) in [6, 6.07) is 5.11. The minimum Gasteiger partial charge on any atom is -0.507 e. The summed E-state index contributed by atoms with van der Waals surface area (Å²) >= 11 is 0. The van der Waals surface area contributed by atoms with Crippen LogP contribution in [0.25, 0.3) is 23.0 Å². The van der Waals surface area contributed by atoms with Crippen LogP contribution in [0.4, 0.5) is 8.78 Å². The van der Waals surface area contributed by atoms with Gasteiger partial charge in [0, 0.05) is 24.0 Å².